The van der Waals surface area contributed by atoms with E-state index in [9.17, 15) is 5.11 Å². The molecule has 1 N–H and O–H groups in total. The van der Waals surface area contributed by atoms with Crippen LogP contribution in [-0.2, 0) is 0 Å². The van der Waals surface area contributed by atoms with Crippen molar-refractivity contribution in [3.05, 3.63) is 29.3 Å². The topological polar surface area (TPSA) is 32.7 Å². The monoisotopic (exact) mass is 249 g/mol. The van der Waals surface area contributed by atoms with Crippen LogP contribution in [0.5, 0.6) is 5.75 Å². The van der Waals surface area contributed by atoms with Gasteiger partial charge in [-0.05, 0) is 56.5 Å². The zero-order valence-electron chi connectivity index (χ0n) is 11.4. The van der Waals surface area contributed by atoms with Crippen LogP contribution < -0.4 is 4.74 Å². The number of aliphatic hydroxyl groups is 1. The number of rotatable bonds is 4. The minimum absolute atomic E-state index is 0.153. The molecule has 1 aliphatic rings. The summed E-state index contributed by atoms with van der Waals surface area (Å²) < 4.78 is 5.78. The summed E-state index contributed by atoms with van der Waals surface area (Å²) in [4.78, 5) is 2.27. The fraction of sp³-hybridized carbons (Fsp3) is 0.600. The lowest BCUT2D eigenvalue weighted by Crippen LogP contribution is -2.40. The molecule has 0 radical (unpaired) electrons. The van der Waals surface area contributed by atoms with Crippen LogP contribution in [0.15, 0.2) is 18.2 Å². The molecule has 1 atom stereocenters. The van der Waals surface area contributed by atoms with E-state index in [1.807, 2.05) is 0 Å². The number of aryl methyl sites for hydroxylation is 2. The normalized spacial score (nSPS) is 20.9. The van der Waals surface area contributed by atoms with Gasteiger partial charge < -0.3 is 9.84 Å². The molecule has 1 unspecified atom stereocenters. The van der Waals surface area contributed by atoms with Crippen molar-refractivity contribution in [2.75, 3.05) is 26.2 Å². The van der Waals surface area contributed by atoms with Gasteiger partial charge in [0.2, 0.25) is 0 Å². The zero-order chi connectivity index (χ0) is 13.0. The fourth-order valence-electron chi connectivity index (χ4n) is 2.54. The minimum atomic E-state index is -0.153. The first-order valence-electron chi connectivity index (χ1n) is 6.75. The summed E-state index contributed by atoms with van der Waals surface area (Å²) in [6.07, 6.45) is 1.87. The smallest absolute Gasteiger partial charge is 0.119 e. The molecule has 0 aromatic heterocycles. The van der Waals surface area contributed by atoms with E-state index in [1.54, 1.807) is 0 Å². The lowest BCUT2D eigenvalue weighted by Gasteiger charge is -2.29. The van der Waals surface area contributed by atoms with Crippen LogP contribution in [-0.4, -0.2) is 42.4 Å². The summed E-state index contributed by atoms with van der Waals surface area (Å²) >= 11 is 0. The van der Waals surface area contributed by atoms with Crippen LogP contribution in [0.25, 0.3) is 0 Å². The van der Waals surface area contributed by atoms with E-state index in [1.165, 1.54) is 11.1 Å². The molecule has 2 rings (SSSR count). The summed E-state index contributed by atoms with van der Waals surface area (Å²) in [6.45, 7) is 7.62. The van der Waals surface area contributed by atoms with Gasteiger partial charge in [0, 0.05) is 13.1 Å². The molecule has 1 fully saturated rings. The molecular weight excluding hydrogens is 226 g/mol. The van der Waals surface area contributed by atoms with Crippen molar-refractivity contribution in [1.29, 1.82) is 0 Å². The third-order valence-corrected chi connectivity index (χ3v) is 3.35. The number of hydrogen-bond donors (Lipinski definition) is 1. The number of ether oxygens (including phenoxy) is 1. The maximum absolute atomic E-state index is 9.59. The van der Waals surface area contributed by atoms with Crippen LogP contribution >= 0.6 is 0 Å². The maximum atomic E-state index is 9.59. The second kappa shape index (κ2) is 6.21. The van der Waals surface area contributed by atoms with Crippen molar-refractivity contribution in [2.24, 2.45) is 0 Å². The van der Waals surface area contributed by atoms with Crippen molar-refractivity contribution in [2.45, 2.75) is 32.8 Å². The first-order chi connectivity index (χ1) is 8.63. The van der Waals surface area contributed by atoms with E-state index >= 15 is 0 Å². The summed E-state index contributed by atoms with van der Waals surface area (Å²) in [5.41, 5.74) is 2.47. The van der Waals surface area contributed by atoms with Crippen LogP contribution in [0.3, 0.4) is 0 Å². The van der Waals surface area contributed by atoms with E-state index in [4.69, 9.17) is 4.74 Å². The van der Waals surface area contributed by atoms with Gasteiger partial charge in [-0.3, -0.25) is 4.90 Å². The second-order valence-corrected chi connectivity index (χ2v) is 5.27. The Morgan fingerprint density at radius 1 is 1.28 bits per heavy atom. The highest BCUT2D eigenvalue weighted by Crippen LogP contribution is 2.16. The molecule has 1 saturated heterocycles. The number of nitrogens with zero attached hydrogens (tertiary/aromatic N) is 1. The van der Waals surface area contributed by atoms with Crippen molar-refractivity contribution in [3.8, 4) is 5.75 Å². The predicted molar refractivity (Wildman–Crippen MR) is 73.1 cm³/mol. The van der Waals surface area contributed by atoms with Crippen molar-refractivity contribution in [1.82, 2.24) is 4.90 Å². The lowest BCUT2D eigenvalue weighted by atomic mass is 10.1. The number of benzene rings is 1. The van der Waals surface area contributed by atoms with E-state index in [0.717, 1.165) is 38.2 Å². The Morgan fingerprint density at radius 3 is 2.67 bits per heavy atom. The largest absolute Gasteiger partial charge is 0.492 e. The SMILES string of the molecule is Cc1cc(C)cc(OCCN2CCCC(O)C2)c1. The molecule has 0 bridgehead atoms. The summed E-state index contributed by atoms with van der Waals surface area (Å²) in [6, 6.07) is 6.28. The quantitative estimate of drug-likeness (QED) is 0.887. The second-order valence-electron chi connectivity index (χ2n) is 5.27. The van der Waals surface area contributed by atoms with Crippen molar-refractivity contribution >= 4 is 0 Å². The molecule has 1 heterocycles. The Bertz CT molecular complexity index is 372. The van der Waals surface area contributed by atoms with E-state index in [0.29, 0.717) is 6.61 Å². The van der Waals surface area contributed by atoms with Gasteiger partial charge in [-0.25, -0.2) is 0 Å². The Balaban J connectivity index is 1.77. The maximum Gasteiger partial charge on any atom is 0.119 e. The summed E-state index contributed by atoms with van der Waals surface area (Å²) in [5.74, 6) is 0.949. The Hall–Kier alpha value is -1.06. The van der Waals surface area contributed by atoms with Crippen LogP contribution in [0.2, 0.25) is 0 Å². The molecule has 100 valence electrons. The van der Waals surface area contributed by atoms with Gasteiger partial charge in [-0.15, -0.1) is 0 Å². The average Bonchev–Trinajstić information content (AvgIpc) is 2.27. The van der Waals surface area contributed by atoms with E-state index < -0.39 is 0 Å². The average molecular weight is 249 g/mol. The number of hydrogen-bond acceptors (Lipinski definition) is 3. The minimum Gasteiger partial charge on any atom is -0.492 e. The van der Waals surface area contributed by atoms with Gasteiger partial charge in [0.05, 0.1) is 6.10 Å². The zero-order valence-corrected chi connectivity index (χ0v) is 11.4. The number of aliphatic hydroxyl groups excluding tert-OH is 1. The van der Waals surface area contributed by atoms with Gasteiger partial charge in [0.25, 0.3) is 0 Å². The first kappa shape index (κ1) is 13.4. The molecule has 18 heavy (non-hydrogen) atoms. The Morgan fingerprint density at radius 2 is 2.00 bits per heavy atom. The molecule has 0 amide bonds. The van der Waals surface area contributed by atoms with Gasteiger partial charge in [-0.2, -0.15) is 0 Å². The van der Waals surface area contributed by atoms with Crippen LogP contribution in [0.1, 0.15) is 24.0 Å². The van der Waals surface area contributed by atoms with Gasteiger partial charge >= 0.3 is 0 Å². The molecule has 3 heteroatoms. The Kier molecular flexibility index (Phi) is 4.61. The molecule has 0 aliphatic carbocycles. The van der Waals surface area contributed by atoms with Gasteiger partial charge in [-0.1, -0.05) is 6.07 Å². The summed E-state index contributed by atoms with van der Waals surface area (Å²) in [5, 5.41) is 9.59. The van der Waals surface area contributed by atoms with Crippen molar-refractivity contribution < 1.29 is 9.84 Å². The van der Waals surface area contributed by atoms with Gasteiger partial charge in [0.1, 0.15) is 12.4 Å². The molecular formula is C15H23NO2. The van der Waals surface area contributed by atoms with E-state index in [2.05, 4.69) is 36.9 Å². The third kappa shape index (κ3) is 4.00. The molecule has 1 aliphatic heterocycles. The van der Waals surface area contributed by atoms with E-state index in [-0.39, 0.29) is 6.10 Å². The third-order valence-electron chi connectivity index (χ3n) is 3.35. The number of β-amino-alcohol motifs (C(OH)–C–C–N with tert-alkyl or cyclic N) is 1. The lowest BCUT2D eigenvalue weighted by molar-refractivity contribution is 0.0633. The standard InChI is InChI=1S/C15H23NO2/c1-12-8-13(2)10-15(9-12)18-7-6-16-5-3-4-14(17)11-16/h8-10,14,17H,3-7,11H2,1-2H3. The fourth-order valence-corrected chi connectivity index (χ4v) is 2.54. The molecule has 1 aromatic rings. The molecule has 0 saturated carbocycles. The van der Waals surface area contributed by atoms with Crippen LogP contribution in [0.4, 0.5) is 0 Å². The van der Waals surface area contributed by atoms with Gasteiger partial charge in [0.15, 0.2) is 0 Å². The van der Waals surface area contributed by atoms with Crippen molar-refractivity contribution in [3.63, 3.8) is 0 Å². The Labute approximate surface area is 109 Å². The predicted octanol–water partition coefficient (Wildman–Crippen LogP) is 2.14. The highest BCUT2D eigenvalue weighted by molar-refractivity contribution is 5.32. The molecule has 1 aromatic carbocycles. The number of piperidine rings is 1. The first-order valence-corrected chi connectivity index (χ1v) is 6.75. The summed E-state index contributed by atoms with van der Waals surface area (Å²) in [7, 11) is 0. The molecule has 0 spiro atoms. The number of likely N-dealkylation sites (tertiary alicyclic amines) is 1. The highest BCUT2D eigenvalue weighted by atomic mass is 16.5. The molecule has 3 nitrogen and oxygen atoms in total. The highest BCUT2D eigenvalue weighted by Gasteiger charge is 2.16. The van der Waals surface area contributed by atoms with Crippen LogP contribution in [0, 0.1) is 13.8 Å².